The molecule has 1 aromatic carbocycles. The van der Waals surface area contributed by atoms with Crippen molar-refractivity contribution in [3.05, 3.63) is 29.8 Å². The van der Waals surface area contributed by atoms with Crippen molar-refractivity contribution in [2.75, 3.05) is 5.32 Å². The van der Waals surface area contributed by atoms with Crippen LogP contribution in [-0.4, -0.2) is 5.91 Å². The molecular formula is C13H16N2O. The largest absolute Gasteiger partial charge is 0.326 e. The molecule has 0 aliphatic carbocycles. The first-order valence-electron chi connectivity index (χ1n) is 5.35. The first-order valence-corrected chi connectivity index (χ1v) is 5.35. The Bertz CT molecular complexity index is 418. The zero-order chi connectivity index (χ0) is 12.1. The Morgan fingerprint density at radius 1 is 1.38 bits per heavy atom. The highest BCUT2D eigenvalue weighted by Crippen LogP contribution is 2.15. The van der Waals surface area contributed by atoms with Crippen molar-refractivity contribution in [3.63, 3.8) is 0 Å². The van der Waals surface area contributed by atoms with Crippen LogP contribution in [0.25, 0.3) is 0 Å². The van der Waals surface area contributed by atoms with E-state index in [1.54, 1.807) is 24.3 Å². The summed E-state index contributed by atoms with van der Waals surface area (Å²) in [6.07, 6.45) is 0. The van der Waals surface area contributed by atoms with Gasteiger partial charge in [-0.2, -0.15) is 5.26 Å². The number of nitriles is 1. The maximum Gasteiger partial charge on any atom is 0.227 e. The standard InChI is InChI=1S/C13H16N2O/c1-9(2)10(3)13(16)15-12-6-4-5-11(7-12)8-14/h4-7,9-10H,1-3H3,(H,15,16). The summed E-state index contributed by atoms with van der Waals surface area (Å²) in [7, 11) is 0. The first kappa shape index (κ1) is 12.3. The Labute approximate surface area is 96.1 Å². The molecule has 0 aliphatic rings. The second-order valence-electron chi connectivity index (χ2n) is 4.21. The second kappa shape index (κ2) is 5.32. The molecule has 1 atom stereocenters. The number of carbonyl (C=O) groups is 1. The minimum atomic E-state index is -0.0364. The van der Waals surface area contributed by atoms with E-state index in [9.17, 15) is 4.79 Å². The Kier molecular flexibility index (Phi) is 4.07. The van der Waals surface area contributed by atoms with Gasteiger partial charge in [0, 0.05) is 11.6 Å². The van der Waals surface area contributed by atoms with E-state index in [0.717, 1.165) is 0 Å². The fraction of sp³-hybridized carbons (Fsp3) is 0.385. The molecule has 16 heavy (non-hydrogen) atoms. The predicted octanol–water partition coefficient (Wildman–Crippen LogP) is 2.79. The van der Waals surface area contributed by atoms with E-state index in [0.29, 0.717) is 17.2 Å². The molecule has 0 aliphatic heterocycles. The van der Waals surface area contributed by atoms with E-state index in [-0.39, 0.29) is 11.8 Å². The van der Waals surface area contributed by atoms with Gasteiger partial charge < -0.3 is 5.32 Å². The Morgan fingerprint density at radius 2 is 2.06 bits per heavy atom. The van der Waals surface area contributed by atoms with Gasteiger partial charge in [-0.3, -0.25) is 4.79 Å². The summed E-state index contributed by atoms with van der Waals surface area (Å²) in [5.41, 5.74) is 1.23. The molecule has 0 saturated heterocycles. The van der Waals surface area contributed by atoms with E-state index >= 15 is 0 Å². The average molecular weight is 216 g/mol. The summed E-state index contributed by atoms with van der Waals surface area (Å²) < 4.78 is 0. The molecule has 0 spiro atoms. The monoisotopic (exact) mass is 216 g/mol. The fourth-order valence-corrected chi connectivity index (χ4v) is 1.23. The molecule has 0 aromatic heterocycles. The maximum absolute atomic E-state index is 11.8. The van der Waals surface area contributed by atoms with Gasteiger partial charge in [0.1, 0.15) is 0 Å². The van der Waals surface area contributed by atoms with Crippen LogP contribution in [0.2, 0.25) is 0 Å². The number of anilines is 1. The molecule has 84 valence electrons. The summed E-state index contributed by atoms with van der Waals surface area (Å²) in [5, 5.41) is 11.5. The van der Waals surface area contributed by atoms with Gasteiger partial charge in [-0.15, -0.1) is 0 Å². The Morgan fingerprint density at radius 3 is 2.62 bits per heavy atom. The molecule has 1 unspecified atom stereocenters. The van der Waals surface area contributed by atoms with Crippen LogP contribution >= 0.6 is 0 Å². The molecule has 3 nitrogen and oxygen atoms in total. The Balaban J connectivity index is 2.74. The van der Waals surface area contributed by atoms with Crippen molar-refractivity contribution >= 4 is 11.6 Å². The molecular weight excluding hydrogens is 200 g/mol. The quantitative estimate of drug-likeness (QED) is 0.844. The third-order valence-corrected chi connectivity index (χ3v) is 2.67. The summed E-state index contributed by atoms with van der Waals surface area (Å²) in [6.45, 7) is 5.92. The highest BCUT2D eigenvalue weighted by Gasteiger charge is 2.16. The zero-order valence-corrected chi connectivity index (χ0v) is 9.82. The fourth-order valence-electron chi connectivity index (χ4n) is 1.23. The zero-order valence-electron chi connectivity index (χ0n) is 9.82. The molecule has 0 heterocycles. The molecule has 1 rings (SSSR count). The second-order valence-corrected chi connectivity index (χ2v) is 4.21. The van der Waals surface area contributed by atoms with Gasteiger partial charge in [0.2, 0.25) is 5.91 Å². The van der Waals surface area contributed by atoms with Crippen molar-refractivity contribution in [2.45, 2.75) is 20.8 Å². The number of nitrogens with zero attached hydrogens (tertiary/aromatic N) is 1. The summed E-state index contributed by atoms with van der Waals surface area (Å²) in [6, 6.07) is 8.96. The lowest BCUT2D eigenvalue weighted by molar-refractivity contribution is -0.120. The van der Waals surface area contributed by atoms with Crippen LogP contribution < -0.4 is 5.32 Å². The number of amides is 1. The van der Waals surface area contributed by atoms with Gasteiger partial charge in [-0.25, -0.2) is 0 Å². The van der Waals surface area contributed by atoms with Crippen LogP contribution in [-0.2, 0) is 4.79 Å². The SMILES string of the molecule is CC(C)C(C)C(=O)Nc1cccc(C#N)c1. The van der Waals surface area contributed by atoms with Crippen LogP contribution in [0.1, 0.15) is 26.3 Å². The molecule has 0 bridgehead atoms. The minimum absolute atomic E-state index is 0.00918. The van der Waals surface area contributed by atoms with E-state index < -0.39 is 0 Å². The van der Waals surface area contributed by atoms with E-state index in [1.165, 1.54) is 0 Å². The number of nitrogens with one attached hydrogen (secondary N) is 1. The van der Waals surface area contributed by atoms with Crippen molar-refractivity contribution in [1.82, 2.24) is 0 Å². The lowest BCUT2D eigenvalue weighted by atomic mass is 9.97. The number of hydrogen-bond donors (Lipinski definition) is 1. The highest BCUT2D eigenvalue weighted by atomic mass is 16.1. The third-order valence-electron chi connectivity index (χ3n) is 2.67. The summed E-state index contributed by atoms with van der Waals surface area (Å²) in [4.78, 5) is 11.8. The number of rotatable bonds is 3. The first-order chi connectivity index (χ1) is 7.54. The highest BCUT2D eigenvalue weighted by molar-refractivity contribution is 5.92. The molecule has 0 radical (unpaired) electrons. The van der Waals surface area contributed by atoms with Gasteiger partial charge >= 0.3 is 0 Å². The molecule has 1 aromatic rings. The molecule has 0 fully saturated rings. The average Bonchev–Trinajstić information content (AvgIpc) is 2.28. The van der Waals surface area contributed by atoms with E-state index in [4.69, 9.17) is 5.26 Å². The van der Waals surface area contributed by atoms with Crippen molar-refractivity contribution in [3.8, 4) is 6.07 Å². The predicted molar refractivity (Wildman–Crippen MR) is 63.8 cm³/mol. The van der Waals surface area contributed by atoms with Crippen molar-refractivity contribution < 1.29 is 4.79 Å². The van der Waals surface area contributed by atoms with Crippen LogP contribution in [0.4, 0.5) is 5.69 Å². The van der Waals surface area contributed by atoms with Gasteiger partial charge in [0.05, 0.1) is 11.6 Å². The molecule has 3 heteroatoms. The molecule has 1 N–H and O–H groups in total. The van der Waals surface area contributed by atoms with Crippen molar-refractivity contribution in [1.29, 1.82) is 5.26 Å². The maximum atomic E-state index is 11.8. The molecule has 0 saturated carbocycles. The third kappa shape index (κ3) is 3.09. The number of hydrogen-bond acceptors (Lipinski definition) is 2. The lowest BCUT2D eigenvalue weighted by Crippen LogP contribution is -2.24. The van der Waals surface area contributed by atoms with Crippen LogP contribution in [0.3, 0.4) is 0 Å². The Hall–Kier alpha value is -1.82. The molecule has 1 amide bonds. The number of carbonyl (C=O) groups excluding carboxylic acids is 1. The van der Waals surface area contributed by atoms with E-state index in [1.807, 2.05) is 26.8 Å². The van der Waals surface area contributed by atoms with E-state index in [2.05, 4.69) is 5.32 Å². The normalized spacial score (nSPS) is 11.9. The minimum Gasteiger partial charge on any atom is -0.326 e. The lowest BCUT2D eigenvalue weighted by Gasteiger charge is -2.15. The van der Waals surface area contributed by atoms with Gasteiger partial charge in [0.25, 0.3) is 0 Å². The summed E-state index contributed by atoms with van der Waals surface area (Å²) >= 11 is 0. The topological polar surface area (TPSA) is 52.9 Å². The van der Waals surface area contributed by atoms with Gasteiger partial charge in [-0.1, -0.05) is 26.8 Å². The van der Waals surface area contributed by atoms with Crippen LogP contribution in [0.5, 0.6) is 0 Å². The van der Waals surface area contributed by atoms with Crippen LogP contribution in [0, 0.1) is 23.2 Å². The summed E-state index contributed by atoms with van der Waals surface area (Å²) in [5.74, 6) is 0.259. The number of benzene rings is 1. The van der Waals surface area contributed by atoms with Crippen LogP contribution in [0.15, 0.2) is 24.3 Å². The van der Waals surface area contributed by atoms with Gasteiger partial charge in [0.15, 0.2) is 0 Å². The van der Waals surface area contributed by atoms with Crippen molar-refractivity contribution in [2.24, 2.45) is 11.8 Å². The smallest absolute Gasteiger partial charge is 0.227 e. The van der Waals surface area contributed by atoms with Gasteiger partial charge in [-0.05, 0) is 24.1 Å².